The van der Waals surface area contributed by atoms with Gasteiger partial charge in [-0.15, -0.1) is 0 Å². The normalized spacial score (nSPS) is 19.3. The minimum atomic E-state index is -0.444. The average molecular weight is 399 g/mol. The number of methoxy groups -OCH3 is 1. The van der Waals surface area contributed by atoms with E-state index in [9.17, 15) is 0 Å². The molecular formula is C20H23ClN6O. The van der Waals surface area contributed by atoms with Gasteiger partial charge in [-0.3, -0.25) is 4.90 Å². The molecular weight excluding hydrogens is 376 g/mol. The molecule has 1 fully saturated rings. The summed E-state index contributed by atoms with van der Waals surface area (Å²) in [5.41, 5.74) is 7.88. The quantitative estimate of drug-likeness (QED) is 0.825. The van der Waals surface area contributed by atoms with E-state index in [0.29, 0.717) is 5.02 Å². The van der Waals surface area contributed by atoms with Crippen LogP contribution in [-0.2, 0) is 0 Å². The summed E-state index contributed by atoms with van der Waals surface area (Å²) in [5.74, 6) is 1.85. The number of rotatable bonds is 4. The maximum Gasteiger partial charge on any atom is 0.222 e. The number of anilines is 2. The number of benzene rings is 2. The third-order valence-corrected chi connectivity index (χ3v) is 5.02. The maximum atomic E-state index is 6.15. The number of nitrogens with zero attached hydrogens (tertiary/aromatic N) is 4. The molecule has 2 aliphatic heterocycles. The third kappa shape index (κ3) is 3.84. The van der Waals surface area contributed by atoms with E-state index >= 15 is 0 Å². The Morgan fingerprint density at radius 3 is 2.57 bits per heavy atom. The van der Waals surface area contributed by atoms with Crippen molar-refractivity contribution < 1.29 is 4.74 Å². The van der Waals surface area contributed by atoms with Crippen molar-refractivity contribution in [1.82, 2.24) is 4.90 Å². The highest BCUT2D eigenvalue weighted by molar-refractivity contribution is 6.30. The van der Waals surface area contributed by atoms with Gasteiger partial charge in [0.2, 0.25) is 18.2 Å². The lowest BCUT2D eigenvalue weighted by Gasteiger charge is -2.38. The summed E-state index contributed by atoms with van der Waals surface area (Å²) in [5, 5.41) is 4.07. The van der Waals surface area contributed by atoms with Crippen molar-refractivity contribution in [1.29, 1.82) is 0 Å². The minimum absolute atomic E-state index is 0.256. The Bertz CT molecular complexity index is 892. The molecule has 0 radical (unpaired) electrons. The minimum Gasteiger partial charge on any atom is -0.497 e. The predicted octanol–water partition coefficient (Wildman–Crippen LogP) is 3.33. The molecule has 0 saturated carbocycles. The predicted molar refractivity (Wildman–Crippen MR) is 114 cm³/mol. The first-order valence-electron chi connectivity index (χ1n) is 9.26. The van der Waals surface area contributed by atoms with Crippen LogP contribution >= 0.6 is 11.6 Å². The standard InChI is InChI=1S/C20H23ClN6O/c1-28-17-9-7-16(8-10-17)27-19(23-15-6-4-5-14(21)13-15)24-18(22)25-20(27)26-11-2-3-12-26/h4-10,13,19,23H,2-3,11-12H2,1H3,(H2,22,24). The number of nitrogens with one attached hydrogen (secondary N) is 1. The largest absolute Gasteiger partial charge is 0.497 e. The molecule has 2 aromatic rings. The summed E-state index contributed by atoms with van der Waals surface area (Å²) in [6.07, 6.45) is 1.83. The summed E-state index contributed by atoms with van der Waals surface area (Å²) >= 11 is 6.15. The molecule has 2 aliphatic rings. The molecule has 3 N–H and O–H groups in total. The molecule has 1 atom stereocenters. The van der Waals surface area contributed by atoms with Crippen LogP contribution < -0.4 is 20.7 Å². The fourth-order valence-corrected chi connectivity index (χ4v) is 3.63. The van der Waals surface area contributed by atoms with Crippen molar-refractivity contribution in [2.75, 3.05) is 30.4 Å². The molecule has 28 heavy (non-hydrogen) atoms. The smallest absolute Gasteiger partial charge is 0.222 e. The van der Waals surface area contributed by atoms with Crippen LogP contribution in [0.1, 0.15) is 12.8 Å². The Kier molecular flexibility index (Phi) is 5.25. The molecule has 2 heterocycles. The van der Waals surface area contributed by atoms with E-state index in [1.54, 1.807) is 7.11 Å². The number of hydrogen-bond donors (Lipinski definition) is 2. The fraction of sp³-hybridized carbons (Fsp3) is 0.300. The first kappa shape index (κ1) is 18.4. The number of guanidine groups is 2. The third-order valence-electron chi connectivity index (χ3n) is 4.79. The molecule has 4 rings (SSSR count). The zero-order valence-electron chi connectivity index (χ0n) is 15.7. The fourth-order valence-electron chi connectivity index (χ4n) is 3.44. The zero-order chi connectivity index (χ0) is 19.5. The van der Waals surface area contributed by atoms with Crippen molar-refractivity contribution in [2.24, 2.45) is 15.7 Å². The van der Waals surface area contributed by atoms with Gasteiger partial charge in [-0.1, -0.05) is 17.7 Å². The first-order valence-corrected chi connectivity index (χ1v) is 9.64. The zero-order valence-corrected chi connectivity index (χ0v) is 16.4. The lowest BCUT2D eigenvalue weighted by Crippen LogP contribution is -2.54. The number of hydrogen-bond acceptors (Lipinski definition) is 7. The Morgan fingerprint density at radius 2 is 1.89 bits per heavy atom. The van der Waals surface area contributed by atoms with E-state index in [4.69, 9.17) is 22.1 Å². The SMILES string of the molecule is COc1ccc(N2C(N3CCCC3)=NC(N)=NC2Nc2cccc(Cl)c2)cc1. The van der Waals surface area contributed by atoms with Gasteiger partial charge in [-0.05, 0) is 55.3 Å². The summed E-state index contributed by atoms with van der Waals surface area (Å²) in [7, 11) is 1.65. The molecule has 7 nitrogen and oxygen atoms in total. The number of aliphatic imine (C=N–C) groups is 2. The number of likely N-dealkylation sites (tertiary alicyclic amines) is 1. The number of halogens is 1. The maximum absolute atomic E-state index is 6.15. The van der Waals surface area contributed by atoms with Gasteiger partial charge in [0.1, 0.15) is 5.75 Å². The lowest BCUT2D eigenvalue weighted by molar-refractivity contribution is 0.415. The van der Waals surface area contributed by atoms with Crippen molar-refractivity contribution in [3.05, 3.63) is 53.6 Å². The van der Waals surface area contributed by atoms with E-state index in [0.717, 1.165) is 49.0 Å². The number of ether oxygens (including phenoxy) is 1. The molecule has 0 aromatic heterocycles. The average Bonchev–Trinajstić information content (AvgIpc) is 3.22. The highest BCUT2D eigenvalue weighted by Crippen LogP contribution is 2.27. The second-order valence-corrected chi connectivity index (χ2v) is 7.13. The van der Waals surface area contributed by atoms with Gasteiger partial charge >= 0.3 is 0 Å². The van der Waals surface area contributed by atoms with Crippen molar-refractivity contribution in [3.8, 4) is 5.75 Å². The summed E-state index contributed by atoms with van der Waals surface area (Å²) in [4.78, 5) is 13.4. The Hall–Kier alpha value is -2.93. The van der Waals surface area contributed by atoms with Gasteiger partial charge in [0.25, 0.3) is 0 Å². The molecule has 8 heteroatoms. The molecule has 0 bridgehead atoms. The van der Waals surface area contributed by atoms with E-state index in [1.165, 1.54) is 0 Å². The van der Waals surface area contributed by atoms with Gasteiger partial charge in [0, 0.05) is 29.5 Å². The molecule has 0 aliphatic carbocycles. The van der Waals surface area contributed by atoms with Crippen molar-refractivity contribution >= 4 is 34.9 Å². The highest BCUT2D eigenvalue weighted by Gasteiger charge is 2.32. The highest BCUT2D eigenvalue weighted by atomic mass is 35.5. The first-order chi connectivity index (χ1) is 13.6. The molecule has 146 valence electrons. The van der Waals surface area contributed by atoms with Gasteiger partial charge in [-0.25, -0.2) is 4.99 Å². The van der Waals surface area contributed by atoms with Crippen LogP contribution in [0.5, 0.6) is 5.75 Å². The van der Waals surface area contributed by atoms with E-state index in [-0.39, 0.29) is 5.96 Å². The van der Waals surface area contributed by atoms with Gasteiger partial charge < -0.3 is 20.7 Å². The van der Waals surface area contributed by atoms with E-state index < -0.39 is 6.29 Å². The van der Waals surface area contributed by atoms with Crippen LogP contribution in [0.25, 0.3) is 0 Å². The van der Waals surface area contributed by atoms with Crippen LogP contribution in [0, 0.1) is 0 Å². The van der Waals surface area contributed by atoms with E-state index in [1.807, 2.05) is 48.5 Å². The van der Waals surface area contributed by atoms with Crippen LogP contribution in [0.2, 0.25) is 5.02 Å². The molecule has 1 unspecified atom stereocenters. The van der Waals surface area contributed by atoms with Crippen LogP contribution in [0.4, 0.5) is 11.4 Å². The number of nitrogens with two attached hydrogens (primary N) is 1. The second-order valence-electron chi connectivity index (χ2n) is 6.69. The molecule has 0 spiro atoms. The van der Waals surface area contributed by atoms with Crippen LogP contribution in [0.15, 0.2) is 58.5 Å². The summed E-state index contributed by atoms with van der Waals surface area (Å²) in [6, 6.07) is 15.4. The summed E-state index contributed by atoms with van der Waals surface area (Å²) in [6.45, 7) is 1.89. The molecule has 2 aromatic carbocycles. The lowest BCUT2D eigenvalue weighted by atomic mass is 10.2. The monoisotopic (exact) mass is 398 g/mol. The van der Waals surface area contributed by atoms with Crippen LogP contribution in [0.3, 0.4) is 0 Å². The Labute approximate surface area is 169 Å². The van der Waals surface area contributed by atoms with Crippen molar-refractivity contribution in [3.63, 3.8) is 0 Å². The van der Waals surface area contributed by atoms with Crippen molar-refractivity contribution in [2.45, 2.75) is 19.1 Å². The second kappa shape index (κ2) is 7.98. The van der Waals surface area contributed by atoms with Gasteiger partial charge in [0.15, 0.2) is 0 Å². The van der Waals surface area contributed by atoms with Crippen LogP contribution in [-0.4, -0.2) is 43.3 Å². The van der Waals surface area contributed by atoms with Gasteiger partial charge in [0.05, 0.1) is 7.11 Å². The Morgan fingerprint density at radius 1 is 1.14 bits per heavy atom. The molecule has 0 amide bonds. The molecule has 1 saturated heterocycles. The Balaban J connectivity index is 1.71. The summed E-state index contributed by atoms with van der Waals surface area (Å²) < 4.78 is 5.30. The van der Waals surface area contributed by atoms with Gasteiger partial charge in [-0.2, -0.15) is 4.99 Å². The van der Waals surface area contributed by atoms with E-state index in [2.05, 4.69) is 25.1 Å². The topological polar surface area (TPSA) is 78.5 Å².